The Balaban J connectivity index is 1.16. The standard InChI is InChI=1S/C41H38N4O11S2/c1-41(39(49)50,24-26-5-15-34(47)16-6-26)45-58(54,55)36-18-10-28-8-12-32(21-30(28)23-36)43-40(51)42-31-11-7-27-9-17-35(22-29(27)20-31)57(52,53)44-37(38(48)56-2)19-25-3-13-33(46)14-4-25/h3-18,20-23,37,44-47H,19,24H2,1-2H3,(H,49,50)(H2,42,43,51)/t37-,41-/m0/s1. The molecule has 7 N–H and O–H groups in total. The summed E-state index contributed by atoms with van der Waals surface area (Å²) in [5.74, 6) is -2.20. The van der Waals surface area contributed by atoms with E-state index in [1.54, 1.807) is 60.7 Å². The molecular formula is C41H38N4O11S2. The molecule has 0 aliphatic heterocycles. The first kappa shape index (κ1) is 41.1. The van der Waals surface area contributed by atoms with E-state index < -0.39 is 49.6 Å². The second kappa shape index (κ2) is 16.5. The number of sulfonamides is 2. The lowest BCUT2D eigenvalue weighted by atomic mass is 9.94. The van der Waals surface area contributed by atoms with Crippen LogP contribution in [0.25, 0.3) is 21.5 Å². The monoisotopic (exact) mass is 826 g/mol. The molecule has 0 spiro atoms. The number of carbonyl (C=O) groups excluding carboxylic acids is 2. The smallest absolute Gasteiger partial charge is 0.324 e. The van der Waals surface area contributed by atoms with Crippen LogP contribution >= 0.6 is 0 Å². The van der Waals surface area contributed by atoms with Crippen molar-refractivity contribution < 1.29 is 51.3 Å². The van der Waals surface area contributed by atoms with E-state index in [0.29, 0.717) is 44.0 Å². The summed E-state index contributed by atoms with van der Waals surface area (Å²) in [6.07, 6.45) is -0.235. The molecule has 0 unspecified atom stereocenters. The number of carboxylic acid groups (broad SMARTS) is 1. The number of urea groups is 1. The first-order chi connectivity index (χ1) is 27.4. The first-order valence-corrected chi connectivity index (χ1v) is 20.5. The van der Waals surface area contributed by atoms with Crippen molar-refractivity contribution in [1.29, 1.82) is 0 Å². The first-order valence-electron chi connectivity index (χ1n) is 17.5. The lowest BCUT2D eigenvalue weighted by molar-refractivity contribution is -0.143. The average molecular weight is 827 g/mol. The van der Waals surface area contributed by atoms with Gasteiger partial charge in [0, 0.05) is 17.8 Å². The minimum Gasteiger partial charge on any atom is -0.508 e. The molecule has 58 heavy (non-hydrogen) atoms. The fourth-order valence-corrected chi connectivity index (χ4v) is 8.82. The number of phenols is 2. The van der Waals surface area contributed by atoms with Crippen molar-refractivity contribution in [3.05, 3.63) is 132 Å². The minimum absolute atomic E-state index is 0.0158. The van der Waals surface area contributed by atoms with E-state index in [2.05, 4.69) is 20.1 Å². The molecule has 0 radical (unpaired) electrons. The number of carbonyl (C=O) groups is 3. The number of hydrogen-bond acceptors (Lipinski definition) is 10. The number of anilines is 2. The highest BCUT2D eigenvalue weighted by Crippen LogP contribution is 2.27. The molecule has 0 aliphatic carbocycles. The zero-order valence-corrected chi connectivity index (χ0v) is 32.6. The van der Waals surface area contributed by atoms with Crippen LogP contribution in [0.3, 0.4) is 0 Å². The van der Waals surface area contributed by atoms with E-state index in [4.69, 9.17) is 4.74 Å². The highest BCUT2D eigenvalue weighted by Gasteiger charge is 2.38. The van der Waals surface area contributed by atoms with Crippen molar-refractivity contribution in [3.63, 3.8) is 0 Å². The number of nitrogens with one attached hydrogen (secondary N) is 4. The number of esters is 1. The molecule has 0 aromatic heterocycles. The summed E-state index contributed by atoms with van der Waals surface area (Å²) in [7, 11) is -7.46. The van der Waals surface area contributed by atoms with Crippen LogP contribution in [0, 0.1) is 0 Å². The normalized spacial score (nSPS) is 13.3. The Labute approximate surface area is 333 Å². The lowest BCUT2D eigenvalue weighted by Crippen LogP contribution is -2.53. The number of hydrogen-bond donors (Lipinski definition) is 7. The summed E-state index contributed by atoms with van der Waals surface area (Å²) in [5, 5.41) is 36.7. The second-order valence-corrected chi connectivity index (χ2v) is 17.1. The maximum Gasteiger partial charge on any atom is 0.324 e. The third-order valence-electron chi connectivity index (χ3n) is 9.24. The van der Waals surface area contributed by atoms with Crippen LogP contribution in [0.1, 0.15) is 18.1 Å². The molecule has 6 aromatic carbocycles. The van der Waals surface area contributed by atoms with Crippen LogP contribution in [0.4, 0.5) is 16.2 Å². The van der Waals surface area contributed by atoms with Crippen LogP contribution in [-0.2, 0) is 47.2 Å². The Kier molecular flexibility index (Phi) is 11.7. The van der Waals surface area contributed by atoms with Crippen LogP contribution in [0.15, 0.2) is 131 Å². The molecule has 6 rings (SSSR count). The summed E-state index contributed by atoms with van der Waals surface area (Å²) in [6, 6.07) is 28.1. The molecule has 0 bridgehead atoms. The fourth-order valence-electron chi connectivity index (χ4n) is 6.20. The third-order valence-corrected chi connectivity index (χ3v) is 12.3. The SMILES string of the molecule is COC(=O)[C@H](Cc1ccc(O)cc1)NS(=O)(=O)c1ccc2ccc(NC(=O)Nc3ccc4ccc(S(=O)(=O)N[C@@](C)(Cc5ccc(O)cc5)C(=O)O)cc4c3)cc2c1. The number of amides is 2. The van der Waals surface area contributed by atoms with Crippen LogP contribution in [0.2, 0.25) is 0 Å². The van der Waals surface area contributed by atoms with Gasteiger partial charge in [-0.1, -0.05) is 48.5 Å². The van der Waals surface area contributed by atoms with Crippen molar-refractivity contribution in [2.24, 2.45) is 0 Å². The Morgan fingerprint density at radius 2 is 1.10 bits per heavy atom. The Bertz CT molecular complexity index is 2760. The largest absolute Gasteiger partial charge is 0.508 e. The van der Waals surface area contributed by atoms with Crippen LogP contribution < -0.4 is 20.1 Å². The predicted molar refractivity (Wildman–Crippen MR) is 217 cm³/mol. The molecule has 2 amide bonds. The summed E-state index contributed by atoms with van der Waals surface area (Å²) in [4.78, 5) is 37.6. The number of aromatic hydroxyl groups is 2. The van der Waals surface area contributed by atoms with Gasteiger partial charge in [0.2, 0.25) is 20.0 Å². The molecule has 17 heteroatoms. The molecule has 15 nitrogen and oxygen atoms in total. The van der Waals surface area contributed by atoms with Gasteiger partial charge >= 0.3 is 18.0 Å². The molecule has 6 aromatic rings. The highest BCUT2D eigenvalue weighted by molar-refractivity contribution is 7.89. The van der Waals surface area contributed by atoms with Gasteiger partial charge < -0.3 is 30.7 Å². The number of rotatable bonds is 14. The average Bonchev–Trinajstić information content (AvgIpc) is 3.18. The van der Waals surface area contributed by atoms with Gasteiger partial charge in [-0.2, -0.15) is 9.44 Å². The molecule has 0 fully saturated rings. The molecule has 0 heterocycles. The lowest BCUT2D eigenvalue weighted by Gasteiger charge is -2.26. The van der Waals surface area contributed by atoms with Gasteiger partial charge in [-0.15, -0.1) is 0 Å². The van der Waals surface area contributed by atoms with E-state index in [-0.39, 0.29) is 34.1 Å². The maximum atomic E-state index is 13.5. The Morgan fingerprint density at radius 3 is 1.59 bits per heavy atom. The fraction of sp³-hybridized carbons (Fsp3) is 0.146. The molecule has 300 valence electrons. The topological polar surface area (TPSA) is 238 Å². The van der Waals surface area contributed by atoms with E-state index >= 15 is 0 Å². The van der Waals surface area contributed by atoms with E-state index in [0.717, 1.165) is 7.11 Å². The van der Waals surface area contributed by atoms with Gasteiger partial charge in [-0.05, 0) is 119 Å². The number of methoxy groups -OCH3 is 1. The third kappa shape index (κ3) is 9.70. The summed E-state index contributed by atoms with van der Waals surface area (Å²) >= 11 is 0. The van der Waals surface area contributed by atoms with Crippen molar-refractivity contribution in [2.45, 2.75) is 41.1 Å². The van der Waals surface area contributed by atoms with Crippen molar-refractivity contribution in [3.8, 4) is 11.5 Å². The molecule has 2 atom stereocenters. The van der Waals surface area contributed by atoms with Crippen LogP contribution in [0.5, 0.6) is 11.5 Å². The zero-order chi connectivity index (χ0) is 41.8. The maximum absolute atomic E-state index is 13.5. The molecule has 0 saturated carbocycles. The highest BCUT2D eigenvalue weighted by atomic mass is 32.2. The summed E-state index contributed by atoms with van der Waals surface area (Å²) < 4.78 is 63.4. The molecule has 0 aliphatic rings. The van der Waals surface area contributed by atoms with Gasteiger partial charge in [-0.3, -0.25) is 9.59 Å². The van der Waals surface area contributed by atoms with Crippen molar-refractivity contribution in [2.75, 3.05) is 17.7 Å². The van der Waals surface area contributed by atoms with Crippen molar-refractivity contribution in [1.82, 2.24) is 9.44 Å². The predicted octanol–water partition coefficient (Wildman–Crippen LogP) is 5.48. The van der Waals surface area contributed by atoms with E-state index in [9.17, 15) is 46.5 Å². The Morgan fingerprint density at radius 1 is 0.638 bits per heavy atom. The summed E-state index contributed by atoms with van der Waals surface area (Å²) in [5.41, 5.74) is -0.225. The van der Waals surface area contributed by atoms with Gasteiger partial charge in [0.15, 0.2) is 0 Å². The zero-order valence-electron chi connectivity index (χ0n) is 31.0. The Hall–Kier alpha value is -6.53. The minimum atomic E-state index is -4.37. The number of fused-ring (bicyclic) bond motifs is 2. The number of carboxylic acids is 1. The number of ether oxygens (including phenoxy) is 1. The van der Waals surface area contributed by atoms with Gasteiger partial charge in [0.05, 0.1) is 16.9 Å². The second-order valence-electron chi connectivity index (χ2n) is 13.7. The molecular weight excluding hydrogens is 789 g/mol. The summed E-state index contributed by atoms with van der Waals surface area (Å²) in [6.45, 7) is 1.25. The van der Waals surface area contributed by atoms with E-state index in [1.165, 1.54) is 67.6 Å². The van der Waals surface area contributed by atoms with Crippen molar-refractivity contribution >= 4 is 70.9 Å². The number of aliphatic carboxylic acids is 1. The molecule has 0 saturated heterocycles. The van der Waals surface area contributed by atoms with Gasteiger partial charge in [0.25, 0.3) is 0 Å². The number of benzene rings is 6. The quantitative estimate of drug-likeness (QED) is 0.0680. The van der Waals surface area contributed by atoms with E-state index in [1.807, 2.05) is 0 Å². The van der Waals surface area contributed by atoms with Crippen LogP contribution in [-0.4, -0.2) is 68.8 Å². The number of phenolic OH excluding ortho intramolecular Hbond substituents is 2. The van der Waals surface area contributed by atoms with Gasteiger partial charge in [0.1, 0.15) is 23.1 Å². The van der Waals surface area contributed by atoms with Gasteiger partial charge in [-0.25, -0.2) is 21.6 Å².